The largest absolute Gasteiger partial charge is 0.323 e. The number of nitrogens with zero attached hydrogens (tertiary/aromatic N) is 1. The van der Waals surface area contributed by atoms with Gasteiger partial charge in [0.25, 0.3) is 0 Å². The van der Waals surface area contributed by atoms with E-state index in [0.717, 1.165) is 5.75 Å². The molecular formula is C11H22N2O3S2. The molecule has 0 aromatic carbocycles. The second kappa shape index (κ2) is 5.79. The Labute approximate surface area is 114 Å². The highest BCUT2D eigenvalue weighted by molar-refractivity contribution is 8.00. The fourth-order valence-electron chi connectivity index (χ4n) is 1.66. The van der Waals surface area contributed by atoms with Gasteiger partial charge >= 0.3 is 0 Å². The Morgan fingerprint density at radius 2 is 2.06 bits per heavy atom. The molecule has 0 radical (unpaired) electrons. The van der Waals surface area contributed by atoms with Crippen molar-refractivity contribution >= 4 is 27.5 Å². The summed E-state index contributed by atoms with van der Waals surface area (Å²) in [6.45, 7) is 6.61. The average Bonchev–Trinajstić information content (AvgIpc) is 2.24. The monoisotopic (exact) mass is 294 g/mol. The third-order valence-corrected chi connectivity index (χ3v) is 5.31. The van der Waals surface area contributed by atoms with Crippen molar-refractivity contribution in [3.63, 3.8) is 0 Å². The molecule has 1 N–H and O–H groups in total. The molecule has 1 amide bonds. The second-order valence-corrected chi connectivity index (χ2v) is 8.90. The Morgan fingerprint density at radius 1 is 1.44 bits per heavy atom. The van der Waals surface area contributed by atoms with E-state index in [-0.39, 0.29) is 18.0 Å². The van der Waals surface area contributed by atoms with Gasteiger partial charge in [-0.25, -0.2) is 8.42 Å². The minimum Gasteiger partial charge on any atom is -0.323 e. The van der Waals surface area contributed by atoms with Gasteiger partial charge in [-0.3, -0.25) is 4.79 Å². The van der Waals surface area contributed by atoms with Gasteiger partial charge in [0, 0.05) is 29.8 Å². The molecule has 7 heteroatoms. The van der Waals surface area contributed by atoms with Crippen LogP contribution < -0.4 is 5.32 Å². The van der Waals surface area contributed by atoms with Crippen LogP contribution >= 0.6 is 11.8 Å². The smallest absolute Gasteiger partial charge is 0.237 e. The third-order valence-electron chi connectivity index (χ3n) is 2.67. The number of hydrogen-bond acceptors (Lipinski definition) is 5. The number of carbonyl (C=O) groups excluding carboxylic acids is 1. The first-order valence-corrected chi connectivity index (χ1v) is 9.03. The zero-order valence-corrected chi connectivity index (χ0v) is 13.0. The summed E-state index contributed by atoms with van der Waals surface area (Å²) in [5, 5.41) is 2.42. The van der Waals surface area contributed by atoms with E-state index in [1.54, 1.807) is 11.8 Å². The van der Waals surface area contributed by atoms with Crippen molar-refractivity contribution in [2.24, 2.45) is 0 Å². The summed E-state index contributed by atoms with van der Waals surface area (Å²) in [7, 11) is -3.22. The predicted molar refractivity (Wildman–Crippen MR) is 75.4 cm³/mol. The first-order valence-electron chi connectivity index (χ1n) is 5.92. The molecule has 0 bridgehead atoms. The third kappa shape index (κ3) is 4.78. The molecule has 0 spiro atoms. The van der Waals surface area contributed by atoms with E-state index in [1.165, 1.54) is 11.2 Å². The highest BCUT2D eigenvalue weighted by Crippen LogP contribution is 2.20. The molecule has 1 saturated heterocycles. The van der Waals surface area contributed by atoms with Gasteiger partial charge in [0.2, 0.25) is 5.91 Å². The lowest BCUT2D eigenvalue weighted by Gasteiger charge is -2.35. The fourth-order valence-corrected chi connectivity index (χ4v) is 4.50. The Kier molecular flexibility index (Phi) is 5.08. The summed E-state index contributed by atoms with van der Waals surface area (Å²) >= 11 is 1.58. The minimum atomic E-state index is -3.22. The van der Waals surface area contributed by atoms with E-state index < -0.39 is 15.2 Å². The van der Waals surface area contributed by atoms with Crippen LogP contribution in [0.2, 0.25) is 0 Å². The van der Waals surface area contributed by atoms with Crippen LogP contribution in [-0.4, -0.2) is 61.0 Å². The maximum atomic E-state index is 12.1. The summed E-state index contributed by atoms with van der Waals surface area (Å²) in [5.74, 6) is 1.13. The van der Waals surface area contributed by atoms with Crippen molar-refractivity contribution in [2.45, 2.75) is 31.7 Å². The number of rotatable bonds is 3. The van der Waals surface area contributed by atoms with Crippen molar-refractivity contribution in [3.05, 3.63) is 0 Å². The molecule has 1 rings (SSSR count). The summed E-state index contributed by atoms with van der Waals surface area (Å²) < 4.78 is 23.3. The van der Waals surface area contributed by atoms with Crippen molar-refractivity contribution in [1.82, 2.24) is 10.2 Å². The minimum absolute atomic E-state index is 0.138. The number of sulfone groups is 1. The molecule has 1 fully saturated rings. The quantitative estimate of drug-likeness (QED) is 0.812. The van der Waals surface area contributed by atoms with E-state index >= 15 is 0 Å². The number of hydrogen-bond donors (Lipinski definition) is 1. The lowest BCUT2D eigenvalue weighted by Crippen LogP contribution is -2.53. The molecule has 5 nitrogen and oxygen atoms in total. The molecule has 0 aliphatic carbocycles. The molecule has 0 aromatic rings. The summed E-state index contributed by atoms with van der Waals surface area (Å²) in [5.41, 5.74) is -0.152. The summed E-state index contributed by atoms with van der Waals surface area (Å²) in [6.07, 6.45) is 1.20. The first kappa shape index (κ1) is 15.8. The van der Waals surface area contributed by atoms with Crippen molar-refractivity contribution in [2.75, 3.05) is 30.9 Å². The van der Waals surface area contributed by atoms with Gasteiger partial charge in [-0.15, -0.1) is 0 Å². The van der Waals surface area contributed by atoms with Gasteiger partial charge in [-0.2, -0.15) is 11.8 Å². The lowest BCUT2D eigenvalue weighted by atomic mass is 10.1. The van der Waals surface area contributed by atoms with Gasteiger partial charge in [0.1, 0.15) is 5.37 Å². The molecule has 18 heavy (non-hydrogen) atoms. The van der Waals surface area contributed by atoms with Crippen LogP contribution in [0.3, 0.4) is 0 Å². The van der Waals surface area contributed by atoms with Crippen LogP contribution in [0.15, 0.2) is 0 Å². The molecule has 0 saturated carbocycles. The standard InChI is InChI=1S/C11H22N2O3S2/c1-11(2,3)12-7-9(14)13-5-6-17-8-10(13)18(4,15)16/h10,12H,5-8H2,1-4H3. The molecule has 1 heterocycles. The van der Waals surface area contributed by atoms with E-state index in [2.05, 4.69) is 5.32 Å². The molecule has 1 atom stereocenters. The van der Waals surface area contributed by atoms with Gasteiger partial charge in [0.05, 0.1) is 6.54 Å². The number of amides is 1. The second-order valence-electron chi connectivity index (χ2n) is 5.55. The molecule has 106 valence electrons. The van der Waals surface area contributed by atoms with E-state index in [0.29, 0.717) is 12.3 Å². The van der Waals surface area contributed by atoms with Crippen molar-refractivity contribution < 1.29 is 13.2 Å². The summed E-state index contributed by atoms with van der Waals surface area (Å²) in [6, 6.07) is 0. The van der Waals surface area contributed by atoms with Crippen molar-refractivity contribution in [3.8, 4) is 0 Å². The van der Waals surface area contributed by atoms with Crippen LogP contribution in [0.25, 0.3) is 0 Å². The number of thioether (sulfide) groups is 1. The number of carbonyl (C=O) groups is 1. The maximum Gasteiger partial charge on any atom is 0.237 e. The topological polar surface area (TPSA) is 66.5 Å². The lowest BCUT2D eigenvalue weighted by molar-refractivity contribution is -0.130. The molecule has 0 aromatic heterocycles. The van der Waals surface area contributed by atoms with E-state index in [9.17, 15) is 13.2 Å². The van der Waals surface area contributed by atoms with Crippen LogP contribution in [0, 0.1) is 0 Å². The van der Waals surface area contributed by atoms with Gasteiger partial charge < -0.3 is 10.2 Å². The Hall–Kier alpha value is -0.270. The molecule has 1 aliphatic rings. The highest BCUT2D eigenvalue weighted by Gasteiger charge is 2.34. The molecule has 1 aliphatic heterocycles. The molecule has 1 unspecified atom stereocenters. The van der Waals surface area contributed by atoms with Crippen molar-refractivity contribution in [1.29, 1.82) is 0 Å². The van der Waals surface area contributed by atoms with Crippen LogP contribution in [0.1, 0.15) is 20.8 Å². The summed E-state index contributed by atoms with van der Waals surface area (Å²) in [4.78, 5) is 13.6. The Balaban J connectivity index is 2.70. The fraction of sp³-hybridized carbons (Fsp3) is 0.909. The zero-order chi connectivity index (χ0) is 14.0. The number of nitrogens with one attached hydrogen (secondary N) is 1. The maximum absolute atomic E-state index is 12.1. The van der Waals surface area contributed by atoms with Gasteiger partial charge in [-0.1, -0.05) is 0 Å². The van der Waals surface area contributed by atoms with Crippen LogP contribution in [-0.2, 0) is 14.6 Å². The average molecular weight is 294 g/mol. The Bertz CT molecular complexity index is 401. The van der Waals surface area contributed by atoms with Crippen LogP contribution in [0.5, 0.6) is 0 Å². The van der Waals surface area contributed by atoms with Crippen LogP contribution in [0.4, 0.5) is 0 Å². The van der Waals surface area contributed by atoms with E-state index in [1.807, 2.05) is 20.8 Å². The predicted octanol–water partition coefficient (Wildman–Crippen LogP) is 0.321. The SMILES string of the molecule is CC(C)(C)NCC(=O)N1CCSCC1S(C)(=O)=O. The van der Waals surface area contributed by atoms with Gasteiger partial charge in [-0.05, 0) is 20.8 Å². The Morgan fingerprint density at radius 3 is 2.56 bits per heavy atom. The van der Waals surface area contributed by atoms with Gasteiger partial charge in [0.15, 0.2) is 9.84 Å². The van der Waals surface area contributed by atoms with E-state index in [4.69, 9.17) is 0 Å². The highest BCUT2D eigenvalue weighted by atomic mass is 32.2. The zero-order valence-electron chi connectivity index (χ0n) is 11.4. The normalized spacial score (nSPS) is 22.0. The first-order chi connectivity index (χ1) is 8.11. The molecular weight excluding hydrogens is 272 g/mol.